The summed E-state index contributed by atoms with van der Waals surface area (Å²) in [5, 5.41) is 2.87. The van der Waals surface area contributed by atoms with Gasteiger partial charge in [0.2, 0.25) is 11.8 Å². The van der Waals surface area contributed by atoms with Crippen LogP contribution < -0.4 is 9.62 Å². The molecular weight excluding hydrogens is 614 g/mol. The number of sulfonamides is 1. The molecule has 0 fully saturated rings. The quantitative estimate of drug-likeness (QED) is 0.213. The number of hydrogen-bond acceptors (Lipinski definition) is 4. The second-order valence-electron chi connectivity index (χ2n) is 9.91. The second kappa shape index (κ2) is 14.3. The Morgan fingerprint density at radius 2 is 1.48 bits per heavy atom. The molecule has 0 bridgehead atoms. The first kappa shape index (κ1) is 31.0. The number of carbonyl (C=O) groups excluding carboxylic acids is 2. The van der Waals surface area contributed by atoms with Crippen molar-refractivity contribution in [3.05, 3.63) is 130 Å². The number of nitrogens with zero attached hydrogens (tertiary/aromatic N) is 2. The van der Waals surface area contributed by atoms with Crippen molar-refractivity contribution >= 4 is 43.5 Å². The third kappa shape index (κ3) is 7.86. The Morgan fingerprint density at radius 1 is 0.833 bits per heavy atom. The maximum Gasteiger partial charge on any atom is 0.264 e. The number of anilines is 1. The highest BCUT2D eigenvalue weighted by Crippen LogP contribution is 2.27. The summed E-state index contributed by atoms with van der Waals surface area (Å²) in [5.74, 6) is -0.802. The monoisotopic (exact) mass is 647 g/mol. The van der Waals surface area contributed by atoms with Crippen LogP contribution in [0.2, 0.25) is 0 Å². The molecule has 0 radical (unpaired) electrons. The van der Waals surface area contributed by atoms with Gasteiger partial charge >= 0.3 is 0 Å². The van der Waals surface area contributed by atoms with Gasteiger partial charge in [0.1, 0.15) is 12.6 Å². The van der Waals surface area contributed by atoms with E-state index in [1.54, 1.807) is 42.5 Å². The highest BCUT2D eigenvalue weighted by atomic mass is 79.9. The van der Waals surface area contributed by atoms with Gasteiger partial charge in [-0.25, -0.2) is 8.42 Å². The molecule has 1 atom stereocenters. The third-order valence-corrected chi connectivity index (χ3v) is 9.08. The van der Waals surface area contributed by atoms with Crippen LogP contribution in [0.1, 0.15) is 23.6 Å². The number of amides is 2. The standard InChI is InChI=1S/C33H34BrN3O4S/c1-3-35-33(39)31(21-26-11-6-4-7-12-26)36(23-27-19-17-25(2)18-20-27)32(38)24-37(29-14-10-13-28(34)22-29)42(40,41)30-15-8-5-9-16-30/h4-20,22,31H,3,21,23-24H2,1-2H3,(H,35,39)/t31-/m1/s1. The first-order valence-corrected chi connectivity index (χ1v) is 15.9. The highest BCUT2D eigenvalue weighted by molar-refractivity contribution is 9.10. The van der Waals surface area contributed by atoms with Gasteiger partial charge in [-0.3, -0.25) is 13.9 Å². The van der Waals surface area contributed by atoms with E-state index in [1.807, 2.05) is 68.4 Å². The zero-order valence-corrected chi connectivity index (χ0v) is 26.0. The van der Waals surface area contributed by atoms with Gasteiger partial charge in [-0.15, -0.1) is 0 Å². The molecule has 0 aliphatic carbocycles. The molecule has 218 valence electrons. The lowest BCUT2D eigenvalue weighted by Crippen LogP contribution is -2.53. The Balaban J connectivity index is 1.78. The largest absolute Gasteiger partial charge is 0.355 e. The van der Waals surface area contributed by atoms with Gasteiger partial charge in [-0.1, -0.05) is 100 Å². The SMILES string of the molecule is CCNC(=O)[C@@H](Cc1ccccc1)N(Cc1ccc(C)cc1)C(=O)CN(c1cccc(Br)c1)S(=O)(=O)c1ccccc1. The fraction of sp³-hybridized carbons (Fsp3) is 0.212. The molecule has 4 aromatic carbocycles. The predicted molar refractivity (Wildman–Crippen MR) is 169 cm³/mol. The van der Waals surface area contributed by atoms with Crippen LogP contribution in [0.4, 0.5) is 5.69 Å². The normalized spacial score (nSPS) is 11.9. The molecule has 7 nitrogen and oxygen atoms in total. The van der Waals surface area contributed by atoms with E-state index in [0.717, 1.165) is 21.0 Å². The summed E-state index contributed by atoms with van der Waals surface area (Å²) in [6.07, 6.45) is 0.270. The molecular formula is C33H34BrN3O4S. The number of likely N-dealkylation sites (N-methyl/N-ethyl adjacent to an activating group) is 1. The van der Waals surface area contributed by atoms with Gasteiger partial charge in [0.25, 0.3) is 10.0 Å². The summed E-state index contributed by atoms with van der Waals surface area (Å²) >= 11 is 3.43. The fourth-order valence-corrected chi connectivity index (χ4v) is 6.43. The maximum atomic E-state index is 14.3. The summed E-state index contributed by atoms with van der Waals surface area (Å²) in [7, 11) is -4.13. The van der Waals surface area contributed by atoms with Crippen molar-refractivity contribution < 1.29 is 18.0 Å². The Kier molecular flexibility index (Phi) is 10.5. The van der Waals surface area contributed by atoms with Crippen molar-refractivity contribution in [3.8, 4) is 0 Å². The summed E-state index contributed by atoms with van der Waals surface area (Å²) < 4.78 is 29.7. The van der Waals surface area contributed by atoms with E-state index in [2.05, 4.69) is 21.2 Å². The van der Waals surface area contributed by atoms with E-state index in [0.29, 0.717) is 16.7 Å². The van der Waals surface area contributed by atoms with Crippen LogP contribution in [0.25, 0.3) is 0 Å². The molecule has 0 aromatic heterocycles. The zero-order valence-electron chi connectivity index (χ0n) is 23.6. The van der Waals surface area contributed by atoms with E-state index >= 15 is 0 Å². The molecule has 4 rings (SSSR count). The van der Waals surface area contributed by atoms with Crippen molar-refractivity contribution in [3.63, 3.8) is 0 Å². The van der Waals surface area contributed by atoms with E-state index in [9.17, 15) is 18.0 Å². The minimum Gasteiger partial charge on any atom is -0.355 e. The lowest BCUT2D eigenvalue weighted by molar-refractivity contribution is -0.140. The highest BCUT2D eigenvalue weighted by Gasteiger charge is 2.34. The van der Waals surface area contributed by atoms with Crippen molar-refractivity contribution in [2.75, 3.05) is 17.4 Å². The van der Waals surface area contributed by atoms with Gasteiger partial charge < -0.3 is 10.2 Å². The minimum atomic E-state index is -4.13. The summed E-state index contributed by atoms with van der Waals surface area (Å²) in [5.41, 5.74) is 3.11. The van der Waals surface area contributed by atoms with Crippen LogP contribution in [0, 0.1) is 6.92 Å². The molecule has 0 aliphatic heterocycles. The number of hydrogen-bond donors (Lipinski definition) is 1. The third-order valence-electron chi connectivity index (χ3n) is 6.80. The first-order chi connectivity index (χ1) is 20.2. The number of nitrogens with one attached hydrogen (secondary N) is 1. The van der Waals surface area contributed by atoms with Crippen LogP contribution in [-0.2, 0) is 32.6 Å². The molecule has 0 saturated heterocycles. The molecule has 0 unspecified atom stereocenters. The zero-order chi connectivity index (χ0) is 30.1. The first-order valence-electron chi connectivity index (χ1n) is 13.7. The number of carbonyl (C=O) groups is 2. The molecule has 42 heavy (non-hydrogen) atoms. The van der Waals surface area contributed by atoms with Crippen molar-refractivity contribution in [1.29, 1.82) is 0 Å². The smallest absolute Gasteiger partial charge is 0.264 e. The van der Waals surface area contributed by atoms with Gasteiger partial charge in [0, 0.05) is 24.0 Å². The summed E-state index contributed by atoms with van der Waals surface area (Å²) in [6.45, 7) is 3.83. The maximum absolute atomic E-state index is 14.3. The summed E-state index contributed by atoms with van der Waals surface area (Å²) in [6, 6.07) is 31.2. The van der Waals surface area contributed by atoms with Gasteiger partial charge in [-0.2, -0.15) is 0 Å². The van der Waals surface area contributed by atoms with Gasteiger partial charge in [0.05, 0.1) is 10.6 Å². The van der Waals surface area contributed by atoms with E-state index in [1.165, 1.54) is 17.0 Å². The molecule has 2 amide bonds. The van der Waals surface area contributed by atoms with Crippen molar-refractivity contribution in [2.45, 2.75) is 37.8 Å². The van der Waals surface area contributed by atoms with E-state index in [4.69, 9.17) is 0 Å². The molecule has 0 saturated carbocycles. The van der Waals surface area contributed by atoms with Crippen molar-refractivity contribution in [2.24, 2.45) is 0 Å². The molecule has 0 heterocycles. The van der Waals surface area contributed by atoms with Gasteiger partial charge in [0.15, 0.2) is 0 Å². The van der Waals surface area contributed by atoms with E-state index in [-0.39, 0.29) is 23.8 Å². The molecule has 0 aliphatic rings. The molecule has 1 N–H and O–H groups in total. The number of benzene rings is 4. The van der Waals surface area contributed by atoms with Crippen LogP contribution in [0.3, 0.4) is 0 Å². The Bertz CT molecular complexity index is 1600. The fourth-order valence-electron chi connectivity index (χ4n) is 4.62. The van der Waals surface area contributed by atoms with Crippen LogP contribution >= 0.6 is 15.9 Å². The van der Waals surface area contributed by atoms with Gasteiger partial charge in [-0.05, 0) is 55.3 Å². The summed E-state index contributed by atoms with van der Waals surface area (Å²) in [4.78, 5) is 29.4. The number of rotatable bonds is 12. The topological polar surface area (TPSA) is 86.8 Å². The number of aryl methyl sites for hydroxylation is 1. The molecule has 9 heteroatoms. The average Bonchev–Trinajstić information content (AvgIpc) is 2.99. The van der Waals surface area contributed by atoms with Crippen molar-refractivity contribution in [1.82, 2.24) is 10.2 Å². The van der Waals surface area contributed by atoms with E-state index < -0.39 is 28.5 Å². The number of halogens is 1. The predicted octanol–water partition coefficient (Wildman–Crippen LogP) is 5.73. The van der Waals surface area contributed by atoms with Crippen LogP contribution in [-0.4, -0.2) is 44.3 Å². The Hall–Kier alpha value is -3.95. The Labute approximate surface area is 256 Å². The second-order valence-corrected chi connectivity index (χ2v) is 12.7. The van der Waals surface area contributed by atoms with Crippen LogP contribution in [0.15, 0.2) is 119 Å². The molecule has 4 aromatic rings. The van der Waals surface area contributed by atoms with Crippen LogP contribution in [0.5, 0.6) is 0 Å². The minimum absolute atomic E-state index is 0.0624. The lowest BCUT2D eigenvalue weighted by atomic mass is 10.0. The lowest BCUT2D eigenvalue weighted by Gasteiger charge is -2.34. The Morgan fingerprint density at radius 3 is 2.10 bits per heavy atom. The molecule has 0 spiro atoms. The average molecular weight is 649 g/mol.